The Morgan fingerprint density at radius 3 is 2.42 bits per heavy atom. The lowest BCUT2D eigenvalue weighted by atomic mass is 10.1. The van der Waals surface area contributed by atoms with Gasteiger partial charge in [-0.2, -0.15) is 0 Å². The molecule has 2 aromatic carbocycles. The van der Waals surface area contributed by atoms with Gasteiger partial charge in [0.2, 0.25) is 0 Å². The topological polar surface area (TPSA) is 48.0 Å². The maximum Gasteiger partial charge on any atom is 0.317 e. The Balaban J connectivity index is 1.43. The smallest absolute Gasteiger partial charge is 0.317 e. The Morgan fingerprint density at radius 2 is 1.68 bits per heavy atom. The Hall–Kier alpha value is -2.57. The minimum atomic E-state index is -0.0527. The summed E-state index contributed by atoms with van der Waals surface area (Å²) >= 11 is 0. The van der Waals surface area contributed by atoms with Crippen LogP contribution in [0, 0.1) is 0 Å². The van der Waals surface area contributed by atoms with Crippen LogP contribution in [0.1, 0.15) is 30.0 Å². The van der Waals surface area contributed by atoms with Crippen LogP contribution in [0.25, 0.3) is 0 Å². The molecule has 0 spiro atoms. The normalized spacial score (nSPS) is 18.0. The number of morpholine rings is 1. The standard InChI is InChI=1S/C25H34N4O2/c1-27(19-22-11-5-6-12-24(22)29-13-7-8-14-29)25(30)26-23(21-9-3-2-4-10-21)20-28-15-17-31-18-16-28/h2-6,9-12,23H,7-8,13-20H2,1H3,(H,26,30). The molecule has 166 valence electrons. The van der Waals surface area contributed by atoms with Crippen LogP contribution in [0.4, 0.5) is 10.5 Å². The third-order valence-electron chi connectivity index (χ3n) is 6.24. The molecule has 4 rings (SSSR count). The molecule has 2 fully saturated rings. The molecule has 0 bridgehead atoms. The van der Waals surface area contributed by atoms with E-state index in [0.717, 1.165) is 51.5 Å². The summed E-state index contributed by atoms with van der Waals surface area (Å²) < 4.78 is 5.48. The maximum atomic E-state index is 13.2. The first-order valence-corrected chi connectivity index (χ1v) is 11.4. The SMILES string of the molecule is CN(Cc1ccccc1N1CCCC1)C(=O)NC(CN1CCOCC1)c1ccccc1. The summed E-state index contributed by atoms with van der Waals surface area (Å²) in [6.07, 6.45) is 2.48. The van der Waals surface area contributed by atoms with E-state index in [1.807, 2.05) is 25.2 Å². The average molecular weight is 423 g/mol. The molecule has 2 saturated heterocycles. The largest absolute Gasteiger partial charge is 0.379 e. The molecule has 0 saturated carbocycles. The molecule has 0 aliphatic carbocycles. The summed E-state index contributed by atoms with van der Waals surface area (Å²) in [5.41, 5.74) is 3.59. The van der Waals surface area contributed by atoms with Crippen molar-refractivity contribution in [1.29, 1.82) is 0 Å². The fourth-order valence-corrected chi connectivity index (χ4v) is 4.46. The summed E-state index contributed by atoms with van der Waals surface area (Å²) in [7, 11) is 1.88. The van der Waals surface area contributed by atoms with E-state index in [0.29, 0.717) is 6.54 Å². The van der Waals surface area contributed by atoms with Crippen molar-refractivity contribution >= 4 is 11.7 Å². The van der Waals surface area contributed by atoms with Crippen LogP contribution in [-0.2, 0) is 11.3 Å². The van der Waals surface area contributed by atoms with E-state index >= 15 is 0 Å². The minimum absolute atomic E-state index is 0.0432. The highest BCUT2D eigenvalue weighted by Crippen LogP contribution is 2.25. The second kappa shape index (κ2) is 10.6. The zero-order chi connectivity index (χ0) is 21.5. The van der Waals surface area contributed by atoms with Gasteiger partial charge in [-0.05, 0) is 30.0 Å². The number of ether oxygens (including phenoxy) is 1. The summed E-state index contributed by atoms with van der Waals surface area (Å²) in [5, 5.41) is 3.28. The molecule has 1 atom stereocenters. The number of amides is 2. The van der Waals surface area contributed by atoms with Crippen LogP contribution in [-0.4, -0.2) is 68.8 Å². The summed E-state index contributed by atoms with van der Waals surface area (Å²) in [4.78, 5) is 19.8. The van der Waals surface area contributed by atoms with Crippen molar-refractivity contribution in [1.82, 2.24) is 15.1 Å². The highest BCUT2D eigenvalue weighted by atomic mass is 16.5. The van der Waals surface area contributed by atoms with E-state index in [1.165, 1.54) is 24.1 Å². The molecule has 0 radical (unpaired) electrons. The van der Waals surface area contributed by atoms with Crippen LogP contribution >= 0.6 is 0 Å². The van der Waals surface area contributed by atoms with E-state index in [9.17, 15) is 4.79 Å². The number of hydrogen-bond acceptors (Lipinski definition) is 4. The molecule has 1 unspecified atom stereocenters. The second-order valence-electron chi connectivity index (χ2n) is 8.50. The van der Waals surface area contributed by atoms with Crippen molar-refractivity contribution < 1.29 is 9.53 Å². The van der Waals surface area contributed by atoms with Crippen LogP contribution in [0.5, 0.6) is 0 Å². The molecule has 6 heteroatoms. The predicted molar refractivity (Wildman–Crippen MR) is 124 cm³/mol. The zero-order valence-corrected chi connectivity index (χ0v) is 18.5. The van der Waals surface area contributed by atoms with Gasteiger partial charge in [0.05, 0.1) is 19.3 Å². The van der Waals surface area contributed by atoms with Gasteiger partial charge in [-0.3, -0.25) is 4.90 Å². The summed E-state index contributed by atoms with van der Waals surface area (Å²) in [6.45, 7) is 6.89. The van der Waals surface area contributed by atoms with Crippen molar-refractivity contribution in [2.24, 2.45) is 0 Å². The van der Waals surface area contributed by atoms with E-state index in [2.05, 4.69) is 51.5 Å². The molecule has 2 amide bonds. The number of para-hydroxylation sites is 1. The average Bonchev–Trinajstić information content (AvgIpc) is 3.35. The Bertz CT molecular complexity index is 832. The molecule has 2 aromatic rings. The lowest BCUT2D eigenvalue weighted by Crippen LogP contribution is -2.46. The molecule has 2 heterocycles. The number of nitrogens with zero attached hydrogens (tertiary/aromatic N) is 3. The van der Waals surface area contributed by atoms with Gasteiger partial charge in [-0.25, -0.2) is 4.79 Å². The fourth-order valence-electron chi connectivity index (χ4n) is 4.46. The van der Waals surface area contributed by atoms with Crippen LogP contribution in [0.2, 0.25) is 0 Å². The van der Waals surface area contributed by atoms with Gasteiger partial charge < -0.3 is 19.9 Å². The third-order valence-corrected chi connectivity index (χ3v) is 6.24. The van der Waals surface area contributed by atoms with E-state index < -0.39 is 0 Å². The zero-order valence-electron chi connectivity index (χ0n) is 18.5. The molecule has 6 nitrogen and oxygen atoms in total. The van der Waals surface area contributed by atoms with Gasteiger partial charge in [0.15, 0.2) is 0 Å². The van der Waals surface area contributed by atoms with Crippen LogP contribution in [0.3, 0.4) is 0 Å². The highest BCUT2D eigenvalue weighted by molar-refractivity contribution is 5.75. The Labute approximate surface area is 185 Å². The molecule has 2 aliphatic heterocycles. The number of urea groups is 1. The lowest BCUT2D eigenvalue weighted by Gasteiger charge is -2.32. The predicted octanol–water partition coefficient (Wildman–Crippen LogP) is 3.50. The summed E-state index contributed by atoms with van der Waals surface area (Å²) in [6, 6.07) is 18.6. The molecule has 31 heavy (non-hydrogen) atoms. The number of anilines is 1. The van der Waals surface area contributed by atoms with Gasteiger partial charge in [-0.15, -0.1) is 0 Å². The Kier molecular flexibility index (Phi) is 7.43. The van der Waals surface area contributed by atoms with Gasteiger partial charge in [0, 0.05) is 52.0 Å². The number of benzene rings is 2. The molecule has 1 N–H and O–H groups in total. The maximum absolute atomic E-state index is 13.2. The first-order chi connectivity index (χ1) is 15.2. The van der Waals surface area contributed by atoms with Crippen molar-refractivity contribution in [2.45, 2.75) is 25.4 Å². The van der Waals surface area contributed by atoms with E-state index in [-0.39, 0.29) is 12.1 Å². The highest BCUT2D eigenvalue weighted by Gasteiger charge is 2.23. The van der Waals surface area contributed by atoms with Crippen molar-refractivity contribution in [3.05, 3.63) is 65.7 Å². The number of hydrogen-bond donors (Lipinski definition) is 1. The Morgan fingerprint density at radius 1 is 1.00 bits per heavy atom. The minimum Gasteiger partial charge on any atom is -0.379 e. The van der Waals surface area contributed by atoms with Gasteiger partial charge in [0.25, 0.3) is 0 Å². The van der Waals surface area contributed by atoms with Gasteiger partial charge >= 0.3 is 6.03 Å². The fraction of sp³-hybridized carbons (Fsp3) is 0.480. The van der Waals surface area contributed by atoms with Gasteiger partial charge in [-0.1, -0.05) is 48.5 Å². The van der Waals surface area contributed by atoms with Crippen molar-refractivity contribution in [3.8, 4) is 0 Å². The van der Waals surface area contributed by atoms with E-state index in [4.69, 9.17) is 4.74 Å². The first kappa shape index (κ1) is 21.7. The van der Waals surface area contributed by atoms with Crippen molar-refractivity contribution in [2.75, 3.05) is 57.9 Å². The van der Waals surface area contributed by atoms with Crippen molar-refractivity contribution in [3.63, 3.8) is 0 Å². The third kappa shape index (κ3) is 5.77. The quantitative estimate of drug-likeness (QED) is 0.742. The molecular weight excluding hydrogens is 388 g/mol. The second-order valence-corrected chi connectivity index (χ2v) is 8.50. The molecule has 0 aromatic heterocycles. The number of nitrogens with one attached hydrogen (secondary N) is 1. The monoisotopic (exact) mass is 422 g/mol. The van der Waals surface area contributed by atoms with Crippen LogP contribution < -0.4 is 10.2 Å². The first-order valence-electron chi connectivity index (χ1n) is 11.4. The van der Waals surface area contributed by atoms with Crippen LogP contribution in [0.15, 0.2) is 54.6 Å². The molecule has 2 aliphatic rings. The lowest BCUT2D eigenvalue weighted by molar-refractivity contribution is 0.0337. The number of rotatable bonds is 7. The van der Waals surface area contributed by atoms with Gasteiger partial charge in [0.1, 0.15) is 0 Å². The molecular formula is C25H34N4O2. The summed E-state index contributed by atoms with van der Waals surface area (Å²) in [5.74, 6) is 0. The number of carbonyl (C=O) groups excluding carboxylic acids is 1. The number of carbonyl (C=O) groups is 1. The van der Waals surface area contributed by atoms with E-state index in [1.54, 1.807) is 4.90 Å².